The summed E-state index contributed by atoms with van der Waals surface area (Å²) in [5, 5.41) is 3.94. The SMILES string of the molecule is CC(=NNS(=O)(=O)c1ccccc1C)c1ccccc1N. The van der Waals surface area contributed by atoms with Crippen LogP contribution in [0.3, 0.4) is 0 Å². The maximum absolute atomic E-state index is 12.2. The predicted octanol–water partition coefficient (Wildman–Crippen LogP) is 2.28. The summed E-state index contributed by atoms with van der Waals surface area (Å²) in [7, 11) is -3.69. The lowest BCUT2D eigenvalue weighted by Crippen LogP contribution is -2.21. The van der Waals surface area contributed by atoms with Gasteiger partial charge in [-0.05, 0) is 31.5 Å². The van der Waals surface area contributed by atoms with E-state index < -0.39 is 10.0 Å². The summed E-state index contributed by atoms with van der Waals surface area (Å²) in [6.45, 7) is 3.44. The van der Waals surface area contributed by atoms with E-state index in [0.717, 1.165) is 0 Å². The van der Waals surface area contributed by atoms with Crippen molar-refractivity contribution in [3.8, 4) is 0 Å². The highest BCUT2D eigenvalue weighted by Gasteiger charge is 2.15. The first-order valence-electron chi connectivity index (χ1n) is 6.38. The van der Waals surface area contributed by atoms with E-state index in [-0.39, 0.29) is 4.90 Å². The van der Waals surface area contributed by atoms with Gasteiger partial charge in [0, 0.05) is 11.3 Å². The molecule has 110 valence electrons. The second-order valence-electron chi connectivity index (χ2n) is 4.64. The smallest absolute Gasteiger partial charge is 0.276 e. The molecule has 3 N–H and O–H groups in total. The average Bonchev–Trinajstić information content (AvgIpc) is 2.45. The molecule has 2 aromatic rings. The molecule has 2 aromatic carbocycles. The third-order valence-corrected chi connectivity index (χ3v) is 4.44. The van der Waals surface area contributed by atoms with Crippen LogP contribution in [0.5, 0.6) is 0 Å². The number of sulfonamides is 1. The van der Waals surface area contributed by atoms with Gasteiger partial charge in [-0.3, -0.25) is 0 Å². The Morgan fingerprint density at radius 3 is 2.38 bits per heavy atom. The number of benzene rings is 2. The Morgan fingerprint density at radius 2 is 1.71 bits per heavy atom. The monoisotopic (exact) mass is 303 g/mol. The number of nitrogens with zero attached hydrogens (tertiary/aromatic N) is 1. The number of hydrogen-bond acceptors (Lipinski definition) is 4. The molecule has 5 nitrogen and oxygen atoms in total. The fraction of sp³-hybridized carbons (Fsp3) is 0.133. The van der Waals surface area contributed by atoms with Crippen molar-refractivity contribution in [2.24, 2.45) is 5.10 Å². The highest BCUT2D eigenvalue weighted by atomic mass is 32.2. The maximum Gasteiger partial charge on any atom is 0.276 e. The molecule has 0 radical (unpaired) electrons. The van der Waals surface area contributed by atoms with Crippen molar-refractivity contribution in [1.82, 2.24) is 4.83 Å². The van der Waals surface area contributed by atoms with E-state index in [9.17, 15) is 8.42 Å². The van der Waals surface area contributed by atoms with Crippen molar-refractivity contribution in [2.75, 3.05) is 5.73 Å². The molecule has 0 bridgehead atoms. The number of aryl methyl sites for hydroxylation is 1. The fourth-order valence-electron chi connectivity index (χ4n) is 1.92. The van der Waals surface area contributed by atoms with Gasteiger partial charge in [-0.1, -0.05) is 36.4 Å². The third-order valence-electron chi connectivity index (χ3n) is 3.07. The zero-order chi connectivity index (χ0) is 15.5. The van der Waals surface area contributed by atoms with Crippen LogP contribution in [0.4, 0.5) is 5.69 Å². The average molecular weight is 303 g/mol. The third kappa shape index (κ3) is 3.41. The van der Waals surface area contributed by atoms with Gasteiger partial charge in [-0.2, -0.15) is 18.4 Å². The molecule has 0 amide bonds. The van der Waals surface area contributed by atoms with Gasteiger partial charge in [0.15, 0.2) is 0 Å². The molecule has 0 aliphatic heterocycles. The maximum atomic E-state index is 12.2. The Bertz CT molecular complexity index is 783. The van der Waals surface area contributed by atoms with Crippen LogP contribution in [0.2, 0.25) is 0 Å². The summed E-state index contributed by atoms with van der Waals surface area (Å²) in [5.41, 5.74) is 8.26. The number of nitrogens with one attached hydrogen (secondary N) is 1. The summed E-state index contributed by atoms with van der Waals surface area (Å²) < 4.78 is 24.4. The van der Waals surface area contributed by atoms with E-state index in [0.29, 0.717) is 22.5 Å². The number of hydrazone groups is 1. The van der Waals surface area contributed by atoms with Crippen molar-refractivity contribution in [1.29, 1.82) is 0 Å². The Balaban J connectivity index is 2.28. The fourth-order valence-corrected chi connectivity index (χ4v) is 3.03. The molecule has 2 rings (SSSR count). The van der Waals surface area contributed by atoms with Crippen LogP contribution in [0.15, 0.2) is 58.5 Å². The molecule has 0 fully saturated rings. The first-order valence-corrected chi connectivity index (χ1v) is 7.87. The number of hydrogen-bond donors (Lipinski definition) is 2. The summed E-state index contributed by atoms with van der Waals surface area (Å²) in [6.07, 6.45) is 0. The Morgan fingerprint density at radius 1 is 1.10 bits per heavy atom. The molecular formula is C15H17N3O2S. The topological polar surface area (TPSA) is 84.5 Å². The lowest BCUT2D eigenvalue weighted by atomic mass is 10.1. The Labute approximate surface area is 124 Å². The van der Waals surface area contributed by atoms with Crippen LogP contribution >= 0.6 is 0 Å². The number of rotatable bonds is 4. The summed E-state index contributed by atoms with van der Waals surface area (Å²) in [5.74, 6) is 0. The van der Waals surface area contributed by atoms with Crippen LogP contribution in [-0.4, -0.2) is 14.1 Å². The molecule has 0 saturated heterocycles. The lowest BCUT2D eigenvalue weighted by molar-refractivity contribution is 0.584. The summed E-state index contributed by atoms with van der Waals surface area (Å²) in [6, 6.07) is 13.9. The minimum atomic E-state index is -3.69. The van der Waals surface area contributed by atoms with Crippen LogP contribution < -0.4 is 10.6 Å². The molecular weight excluding hydrogens is 286 g/mol. The summed E-state index contributed by atoms with van der Waals surface area (Å²) >= 11 is 0. The summed E-state index contributed by atoms with van der Waals surface area (Å²) in [4.78, 5) is 2.46. The van der Waals surface area contributed by atoms with E-state index in [4.69, 9.17) is 5.73 Å². The van der Waals surface area contributed by atoms with Gasteiger partial charge >= 0.3 is 0 Å². The molecule has 0 aromatic heterocycles. The zero-order valence-corrected chi connectivity index (χ0v) is 12.7. The minimum Gasteiger partial charge on any atom is -0.398 e. The van der Waals surface area contributed by atoms with Gasteiger partial charge in [0.05, 0.1) is 10.6 Å². The predicted molar refractivity (Wildman–Crippen MR) is 84.6 cm³/mol. The van der Waals surface area contributed by atoms with Gasteiger partial charge < -0.3 is 5.73 Å². The van der Waals surface area contributed by atoms with Crippen LogP contribution in [-0.2, 0) is 10.0 Å². The molecule has 0 saturated carbocycles. The Kier molecular flexibility index (Phi) is 4.28. The van der Waals surface area contributed by atoms with Crippen molar-refractivity contribution in [3.63, 3.8) is 0 Å². The van der Waals surface area contributed by atoms with Crippen molar-refractivity contribution >= 4 is 21.4 Å². The second-order valence-corrected chi connectivity index (χ2v) is 6.27. The van der Waals surface area contributed by atoms with E-state index in [1.165, 1.54) is 0 Å². The lowest BCUT2D eigenvalue weighted by Gasteiger charge is -2.08. The normalized spacial score (nSPS) is 12.2. The van der Waals surface area contributed by atoms with Crippen molar-refractivity contribution in [2.45, 2.75) is 18.7 Å². The minimum absolute atomic E-state index is 0.211. The zero-order valence-electron chi connectivity index (χ0n) is 11.9. The van der Waals surface area contributed by atoms with Crippen LogP contribution in [0.1, 0.15) is 18.1 Å². The van der Waals surface area contributed by atoms with E-state index in [2.05, 4.69) is 9.93 Å². The van der Waals surface area contributed by atoms with E-state index in [1.54, 1.807) is 50.2 Å². The van der Waals surface area contributed by atoms with Crippen molar-refractivity contribution in [3.05, 3.63) is 59.7 Å². The first-order chi connectivity index (χ1) is 9.92. The molecule has 0 atom stereocenters. The van der Waals surface area contributed by atoms with Crippen LogP contribution in [0.25, 0.3) is 0 Å². The molecule has 0 aliphatic rings. The molecule has 0 spiro atoms. The first kappa shape index (κ1) is 15.1. The van der Waals surface area contributed by atoms with Gasteiger partial charge in [-0.15, -0.1) is 0 Å². The number of para-hydroxylation sites is 1. The van der Waals surface area contributed by atoms with Crippen molar-refractivity contribution < 1.29 is 8.42 Å². The molecule has 0 heterocycles. The molecule has 21 heavy (non-hydrogen) atoms. The number of nitrogens with two attached hydrogens (primary N) is 1. The number of anilines is 1. The Hall–Kier alpha value is -2.34. The van der Waals surface area contributed by atoms with E-state index in [1.807, 2.05) is 12.1 Å². The van der Waals surface area contributed by atoms with Gasteiger partial charge in [0.25, 0.3) is 10.0 Å². The van der Waals surface area contributed by atoms with Gasteiger partial charge in [-0.25, -0.2) is 0 Å². The van der Waals surface area contributed by atoms with E-state index >= 15 is 0 Å². The number of nitrogen functional groups attached to an aromatic ring is 1. The quantitative estimate of drug-likeness (QED) is 0.516. The molecule has 6 heteroatoms. The highest BCUT2D eigenvalue weighted by Crippen LogP contribution is 2.15. The highest BCUT2D eigenvalue weighted by molar-refractivity contribution is 7.89. The second kappa shape index (κ2) is 5.97. The molecule has 0 aliphatic carbocycles. The standard InChI is InChI=1S/C15H17N3O2S/c1-11-7-3-6-10-15(11)21(19,20)18-17-12(2)13-8-4-5-9-14(13)16/h3-10,18H,16H2,1-2H3. The van der Waals surface area contributed by atoms with Gasteiger partial charge in [0.2, 0.25) is 0 Å². The van der Waals surface area contributed by atoms with Crippen LogP contribution in [0, 0.1) is 6.92 Å². The molecule has 0 unspecified atom stereocenters. The van der Waals surface area contributed by atoms with Gasteiger partial charge in [0.1, 0.15) is 0 Å². The largest absolute Gasteiger partial charge is 0.398 e.